The molecule has 0 aromatic rings. The van der Waals surface area contributed by atoms with Crippen molar-refractivity contribution in [3.05, 3.63) is 0 Å². The molecule has 76 valence electrons. The molecule has 0 amide bonds. The smallest absolute Gasteiger partial charge is 0.0362 e. The molecule has 2 fully saturated rings. The Bertz CT molecular complexity index is 169. The van der Waals surface area contributed by atoms with Crippen molar-refractivity contribution in [1.29, 1.82) is 0 Å². The zero-order valence-electron chi connectivity index (χ0n) is 9.42. The van der Waals surface area contributed by atoms with Gasteiger partial charge in [0.1, 0.15) is 0 Å². The van der Waals surface area contributed by atoms with E-state index in [0.717, 1.165) is 29.6 Å². The van der Waals surface area contributed by atoms with Gasteiger partial charge in [-0.15, -0.1) is 0 Å². The van der Waals surface area contributed by atoms with Crippen LogP contribution in [0.2, 0.25) is 0 Å². The minimum Gasteiger partial charge on any atom is -0.0651 e. The van der Waals surface area contributed by atoms with E-state index in [1.165, 1.54) is 25.7 Å². The standard InChI is InChI=1S/C13H24/c1-4-13-10(3)7-11-5-9(2)6-12(13)8-11/h9-13H,4-8H2,1-3H3. The highest BCUT2D eigenvalue weighted by Crippen LogP contribution is 2.48. The van der Waals surface area contributed by atoms with Crippen molar-refractivity contribution < 1.29 is 0 Å². The molecule has 0 nitrogen and oxygen atoms in total. The fourth-order valence-corrected chi connectivity index (χ4v) is 4.25. The van der Waals surface area contributed by atoms with Crippen molar-refractivity contribution in [2.45, 2.75) is 52.9 Å². The lowest BCUT2D eigenvalue weighted by Crippen LogP contribution is -2.36. The first-order valence-corrected chi connectivity index (χ1v) is 6.20. The highest BCUT2D eigenvalue weighted by molar-refractivity contribution is 4.89. The van der Waals surface area contributed by atoms with Gasteiger partial charge in [0.05, 0.1) is 0 Å². The second kappa shape index (κ2) is 3.63. The Labute approximate surface area is 83.1 Å². The normalized spacial score (nSPS) is 50.5. The van der Waals surface area contributed by atoms with Gasteiger partial charge in [0.15, 0.2) is 0 Å². The van der Waals surface area contributed by atoms with Crippen LogP contribution in [0.1, 0.15) is 52.9 Å². The molecule has 2 rings (SSSR count). The third-order valence-corrected chi connectivity index (χ3v) is 4.59. The van der Waals surface area contributed by atoms with Gasteiger partial charge in [0.2, 0.25) is 0 Å². The van der Waals surface area contributed by atoms with E-state index in [-0.39, 0.29) is 0 Å². The summed E-state index contributed by atoms with van der Waals surface area (Å²) in [5.74, 6) is 5.26. The minimum atomic E-state index is 1.02. The van der Waals surface area contributed by atoms with Crippen LogP contribution < -0.4 is 0 Å². The summed E-state index contributed by atoms with van der Waals surface area (Å²) in [6, 6.07) is 0. The van der Waals surface area contributed by atoms with E-state index in [1.807, 2.05) is 0 Å². The molecule has 0 heterocycles. The lowest BCUT2D eigenvalue weighted by atomic mass is 9.60. The van der Waals surface area contributed by atoms with Gasteiger partial charge in [0.25, 0.3) is 0 Å². The van der Waals surface area contributed by atoms with Crippen LogP contribution in [0.4, 0.5) is 0 Å². The Morgan fingerprint density at radius 1 is 1.00 bits per heavy atom. The summed E-state index contributed by atoms with van der Waals surface area (Å²) < 4.78 is 0. The summed E-state index contributed by atoms with van der Waals surface area (Å²) in [5, 5.41) is 0. The van der Waals surface area contributed by atoms with Crippen LogP contribution in [0.5, 0.6) is 0 Å². The van der Waals surface area contributed by atoms with Crippen LogP contribution in [0.25, 0.3) is 0 Å². The maximum absolute atomic E-state index is 2.49. The molecule has 0 N–H and O–H groups in total. The molecule has 2 bridgehead atoms. The van der Waals surface area contributed by atoms with Crippen LogP contribution in [0.15, 0.2) is 0 Å². The first-order chi connectivity index (χ1) is 6.20. The average Bonchev–Trinajstić information content (AvgIpc) is 2.02. The molecule has 0 radical (unpaired) electrons. The van der Waals surface area contributed by atoms with Gasteiger partial charge in [-0.2, -0.15) is 0 Å². The third-order valence-electron chi connectivity index (χ3n) is 4.59. The summed E-state index contributed by atoms with van der Waals surface area (Å²) >= 11 is 0. The molecule has 5 atom stereocenters. The van der Waals surface area contributed by atoms with Gasteiger partial charge < -0.3 is 0 Å². The van der Waals surface area contributed by atoms with Gasteiger partial charge in [0, 0.05) is 0 Å². The van der Waals surface area contributed by atoms with Crippen molar-refractivity contribution in [3.8, 4) is 0 Å². The Morgan fingerprint density at radius 3 is 2.46 bits per heavy atom. The summed E-state index contributed by atoms with van der Waals surface area (Å²) in [6.45, 7) is 7.34. The summed E-state index contributed by atoms with van der Waals surface area (Å²) in [4.78, 5) is 0. The summed E-state index contributed by atoms with van der Waals surface area (Å²) in [6.07, 6.45) is 7.56. The molecule has 13 heavy (non-hydrogen) atoms. The first-order valence-electron chi connectivity index (χ1n) is 6.20. The van der Waals surface area contributed by atoms with Crippen molar-refractivity contribution in [2.75, 3.05) is 0 Å². The number of hydrogen-bond acceptors (Lipinski definition) is 0. The molecular weight excluding hydrogens is 156 g/mol. The van der Waals surface area contributed by atoms with E-state index in [0.29, 0.717) is 0 Å². The van der Waals surface area contributed by atoms with Gasteiger partial charge >= 0.3 is 0 Å². The zero-order valence-corrected chi connectivity index (χ0v) is 9.42. The minimum absolute atomic E-state index is 1.02. The van der Waals surface area contributed by atoms with E-state index >= 15 is 0 Å². The number of hydrogen-bond donors (Lipinski definition) is 0. The zero-order chi connectivity index (χ0) is 9.42. The highest BCUT2D eigenvalue weighted by atomic mass is 14.4. The van der Waals surface area contributed by atoms with E-state index in [9.17, 15) is 0 Å². The fraction of sp³-hybridized carbons (Fsp3) is 1.00. The van der Waals surface area contributed by atoms with Crippen molar-refractivity contribution in [2.24, 2.45) is 29.6 Å². The van der Waals surface area contributed by atoms with Gasteiger partial charge in [-0.05, 0) is 55.3 Å². The van der Waals surface area contributed by atoms with Crippen LogP contribution >= 0.6 is 0 Å². The van der Waals surface area contributed by atoms with Crippen molar-refractivity contribution in [1.82, 2.24) is 0 Å². The topological polar surface area (TPSA) is 0 Å². The lowest BCUT2D eigenvalue weighted by Gasteiger charge is -2.46. The lowest BCUT2D eigenvalue weighted by molar-refractivity contribution is 0.0447. The molecule has 0 aromatic heterocycles. The Balaban J connectivity index is 2.07. The third kappa shape index (κ3) is 1.78. The Morgan fingerprint density at radius 2 is 1.77 bits per heavy atom. The number of fused-ring (bicyclic) bond motifs is 2. The van der Waals surface area contributed by atoms with Crippen LogP contribution in [0.3, 0.4) is 0 Å². The van der Waals surface area contributed by atoms with Crippen LogP contribution in [-0.4, -0.2) is 0 Å². The molecule has 0 spiro atoms. The maximum Gasteiger partial charge on any atom is -0.0362 e. The van der Waals surface area contributed by atoms with Gasteiger partial charge in [-0.3, -0.25) is 0 Å². The van der Waals surface area contributed by atoms with Gasteiger partial charge in [-0.1, -0.05) is 27.2 Å². The average molecular weight is 180 g/mol. The predicted octanol–water partition coefficient (Wildman–Crippen LogP) is 4.10. The van der Waals surface area contributed by atoms with E-state index in [1.54, 1.807) is 6.42 Å². The van der Waals surface area contributed by atoms with E-state index in [4.69, 9.17) is 0 Å². The summed E-state index contributed by atoms with van der Waals surface area (Å²) in [7, 11) is 0. The van der Waals surface area contributed by atoms with Crippen molar-refractivity contribution in [3.63, 3.8) is 0 Å². The maximum atomic E-state index is 2.49. The Kier molecular flexibility index (Phi) is 2.67. The monoisotopic (exact) mass is 180 g/mol. The van der Waals surface area contributed by atoms with Gasteiger partial charge in [-0.25, -0.2) is 0 Å². The summed E-state index contributed by atoms with van der Waals surface area (Å²) in [5.41, 5.74) is 0. The largest absolute Gasteiger partial charge is 0.0651 e. The molecule has 2 saturated carbocycles. The number of rotatable bonds is 1. The van der Waals surface area contributed by atoms with Crippen molar-refractivity contribution >= 4 is 0 Å². The SMILES string of the molecule is CCC1C(C)CC2CC(C)CC1C2. The molecule has 0 aliphatic heterocycles. The molecule has 2 aliphatic rings. The predicted molar refractivity (Wildman–Crippen MR) is 57.6 cm³/mol. The molecule has 5 unspecified atom stereocenters. The second-order valence-electron chi connectivity index (χ2n) is 5.72. The molecule has 0 saturated heterocycles. The highest BCUT2D eigenvalue weighted by Gasteiger charge is 2.38. The molecule has 0 heteroatoms. The van der Waals surface area contributed by atoms with Crippen LogP contribution in [-0.2, 0) is 0 Å². The molecule has 0 aromatic carbocycles. The quantitative estimate of drug-likeness (QED) is 0.570. The fourth-order valence-electron chi connectivity index (χ4n) is 4.25. The Hall–Kier alpha value is 0. The van der Waals surface area contributed by atoms with E-state index in [2.05, 4.69) is 20.8 Å². The van der Waals surface area contributed by atoms with Crippen LogP contribution in [0, 0.1) is 29.6 Å². The first kappa shape index (κ1) is 9.55. The van der Waals surface area contributed by atoms with E-state index < -0.39 is 0 Å². The second-order valence-corrected chi connectivity index (χ2v) is 5.72. The molecule has 2 aliphatic carbocycles. The molecular formula is C13H24.